The maximum absolute atomic E-state index is 11.3. The number of alkyl carbamates (subject to hydrolysis) is 1. The number of amides is 1. The Labute approximate surface area is 98.9 Å². The summed E-state index contributed by atoms with van der Waals surface area (Å²) in [6.07, 6.45) is 4.82. The van der Waals surface area contributed by atoms with Gasteiger partial charge in [0.2, 0.25) is 0 Å². The van der Waals surface area contributed by atoms with E-state index in [1.165, 1.54) is 25.7 Å². The van der Waals surface area contributed by atoms with Gasteiger partial charge in [-0.05, 0) is 30.6 Å². The van der Waals surface area contributed by atoms with Crippen molar-refractivity contribution in [2.45, 2.75) is 46.5 Å². The van der Waals surface area contributed by atoms with E-state index in [0.29, 0.717) is 18.4 Å². The lowest BCUT2D eigenvalue weighted by atomic mass is 9.83. The van der Waals surface area contributed by atoms with Crippen molar-refractivity contribution in [1.29, 1.82) is 0 Å². The average molecular weight is 227 g/mol. The Morgan fingerprint density at radius 2 is 1.94 bits per heavy atom. The predicted octanol–water partition coefficient (Wildman–Crippen LogP) is 3.19. The molecule has 1 aliphatic rings. The molecule has 0 heterocycles. The summed E-state index contributed by atoms with van der Waals surface area (Å²) in [5.41, 5.74) is 0. The van der Waals surface area contributed by atoms with Crippen LogP contribution >= 0.6 is 0 Å². The first-order chi connectivity index (χ1) is 7.58. The van der Waals surface area contributed by atoms with Crippen molar-refractivity contribution in [3.63, 3.8) is 0 Å². The third-order valence-corrected chi connectivity index (χ3v) is 3.22. The van der Waals surface area contributed by atoms with Gasteiger partial charge in [0.15, 0.2) is 0 Å². The van der Waals surface area contributed by atoms with Crippen molar-refractivity contribution in [2.24, 2.45) is 17.8 Å². The molecule has 0 bridgehead atoms. The molecule has 0 radical (unpaired) electrons. The van der Waals surface area contributed by atoms with Crippen molar-refractivity contribution >= 4 is 6.09 Å². The van der Waals surface area contributed by atoms with Crippen molar-refractivity contribution in [3.05, 3.63) is 0 Å². The number of hydrogen-bond donors (Lipinski definition) is 1. The number of hydrogen-bond acceptors (Lipinski definition) is 2. The van der Waals surface area contributed by atoms with Gasteiger partial charge in [-0.15, -0.1) is 0 Å². The second-order valence-electron chi connectivity index (χ2n) is 5.50. The molecule has 0 spiro atoms. The van der Waals surface area contributed by atoms with Gasteiger partial charge in [0.1, 0.15) is 0 Å². The number of carbonyl (C=O) groups is 1. The normalized spacial score (nSPS) is 25.5. The molecule has 0 aliphatic heterocycles. The lowest BCUT2D eigenvalue weighted by Crippen LogP contribution is -2.32. The highest BCUT2D eigenvalue weighted by Gasteiger charge is 2.18. The highest BCUT2D eigenvalue weighted by atomic mass is 16.5. The Morgan fingerprint density at radius 1 is 1.31 bits per heavy atom. The van der Waals surface area contributed by atoms with E-state index in [9.17, 15) is 4.79 Å². The molecule has 3 heteroatoms. The van der Waals surface area contributed by atoms with Crippen LogP contribution in [0.3, 0.4) is 0 Å². The van der Waals surface area contributed by atoms with E-state index < -0.39 is 0 Å². The average Bonchev–Trinajstić information content (AvgIpc) is 2.25. The first-order valence-corrected chi connectivity index (χ1v) is 6.48. The van der Waals surface area contributed by atoms with Gasteiger partial charge in [-0.1, -0.05) is 33.6 Å². The molecule has 1 N–H and O–H groups in total. The molecular formula is C13H25NO2. The molecule has 0 aromatic rings. The van der Waals surface area contributed by atoms with Crippen LogP contribution in [0.25, 0.3) is 0 Å². The molecule has 1 fully saturated rings. The van der Waals surface area contributed by atoms with Crippen molar-refractivity contribution in [1.82, 2.24) is 5.32 Å². The van der Waals surface area contributed by atoms with Gasteiger partial charge in [0.05, 0.1) is 6.61 Å². The Bertz CT molecular complexity index is 208. The molecule has 0 aromatic carbocycles. The molecule has 0 unspecified atom stereocenters. The van der Waals surface area contributed by atoms with Gasteiger partial charge in [-0.3, -0.25) is 0 Å². The summed E-state index contributed by atoms with van der Waals surface area (Å²) >= 11 is 0. The van der Waals surface area contributed by atoms with Gasteiger partial charge < -0.3 is 10.1 Å². The molecule has 3 nitrogen and oxygen atoms in total. The molecule has 1 rings (SSSR count). The standard InChI is InChI=1S/C13H25NO2/c1-10(2)9-16-13(15)14-8-12-6-4-11(3)5-7-12/h10-12H,4-9H2,1-3H3,(H,14,15)/t11-,12-. The highest BCUT2D eigenvalue weighted by molar-refractivity contribution is 5.67. The van der Waals surface area contributed by atoms with Crippen LogP contribution < -0.4 is 5.32 Å². The molecule has 1 aliphatic carbocycles. The lowest BCUT2D eigenvalue weighted by Gasteiger charge is -2.26. The highest BCUT2D eigenvalue weighted by Crippen LogP contribution is 2.27. The zero-order valence-corrected chi connectivity index (χ0v) is 10.8. The zero-order chi connectivity index (χ0) is 12.0. The van der Waals surface area contributed by atoms with Crippen molar-refractivity contribution in [3.8, 4) is 0 Å². The number of rotatable bonds is 4. The monoisotopic (exact) mass is 227 g/mol. The summed E-state index contributed by atoms with van der Waals surface area (Å²) in [6.45, 7) is 7.67. The molecule has 0 aromatic heterocycles. The minimum atomic E-state index is -0.257. The second kappa shape index (κ2) is 6.77. The van der Waals surface area contributed by atoms with Crippen LogP contribution in [0.2, 0.25) is 0 Å². The quantitative estimate of drug-likeness (QED) is 0.801. The number of nitrogens with one attached hydrogen (secondary N) is 1. The zero-order valence-electron chi connectivity index (χ0n) is 10.8. The van der Waals surface area contributed by atoms with E-state index in [4.69, 9.17) is 4.74 Å². The van der Waals surface area contributed by atoms with Gasteiger partial charge >= 0.3 is 6.09 Å². The van der Waals surface area contributed by atoms with Gasteiger partial charge in [-0.25, -0.2) is 4.79 Å². The summed E-state index contributed by atoms with van der Waals surface area (Å²) in [6, 6.07) is 0. The lowest BCUT2D eigenvalue weighted by molar-refractivity contribution is 0.130. The molecule has 0 atom stereocenters. The fourth-order valence-corrected chi connectivity index (χ4v) is 2.05. The van der Waals surface area contributed by atoms with E-state index in [1.807, 2.05) is 13.8 Å². The van der Waals surface area contributed by atoms with Crippen LogP contribution in [0, 0.1) is 17.8 Å². The maximum Gasteiger partial charge on any atom is 0.407 e. The maximum atomic E-state index is 11.3. The number of ether oxygens (including phenoxy) is 1. The molecule has 16 heavy (non-hydrogen) atoms. The van der Waals surface area contributed by atoms with E-state index in [0.717, 1.165) is 12.5 Å². The third-order valence-electron chi connectivity index (χ3n) is 3.22. The van der Waals surface area contributed by atoms with Crippen LogP contribution in [0.15, 0.2) is 0 Å². The Kier molecular flexibility index (Phi) is 5.64. The summed E-state index contributed by atoms with van der Waals surface area (Å²) in [5.74, 6) is 1.92. The third kappa shape index (κ3) is 5.38. The van der Waals surface area contributed by atoms with Crippen LogP contribution in [-0.2, 0) is 4.74 Å². The fraction of sp³-hybridized carbons (Fsp3) is 0.923. The summed E-state index contributed by atoms with van der Waals surface area (Å²) in [5, 5.41) is 2.86. The van der Waals surface area contributed by atoms with E-state index in [1.54, 1.807) is 0 Å². The topological polar surface area (TPSA) is 38.3 Å². The molecular weight excluding hydrogens is 202 g/mol. The Balaban J connectivity index is 2.07. The Hall–Kier alpha value is -0.730. The van der Waals surface area contributed by atoms with Crippen LogP contribution in [-0.4, -0.2) is 19.2 Å². The van der Waals surface area contributed by atoms with E-state index in [-0.39, 0.29) is 6.09 Å². The summed E-state index contributed by atoms with van der Waals surface area (Å²) in [7, 11) is 0. The predicted molar refractivity (Wildman–Crippen MR) is 65.3 cm³/mol. The SMILES string of the molecule is CC(C)COC(=O)NC[C@H]1CC[C@H](C)CC1. The number of carbonyl (C=O) groups excluding carboxylic acids is 1. The summed E-state index contributed by atoms with van der Waals surface area (Å²) < 4.78 is 5.07. The minimum Gasteiger partial charge on any atom is -0.449 e. The molecule has 1 amide bonds. The van der Waals surface area contributed by atoms with Crippen LogP contribution in [0.4, 0.5) is 4.79 Å². The molecule has 0 saturated heterocycles. The second-order valence-corrected chi connectivity index (χ2v) is 5.50. The largest absolute Gasteiger partial charge is 0.449 e. The smallest absolute Gasteiger partial charge is 0.407 e. The molecule has 94 valence electrons. The van der Waals surface area contributed by atoms with Gasteiger partial charge in [-0.2, -0.15) is 0 Å². The van der Waals surface area contributed by atoms with Crippen LogP contribution in [0.5, 0.6) is 0 Å². The van der Waals surface area contributed by atoms with Crippen molar-refractivity contribution in [2.75, 3.05) is 13.2 Å². The first-order valence-electron chi connectivity index (χ1n) is 6.48. The van der Waals surface area contributed by atoms with E-state index in [2.05, 4.69) is 12.2 Å². The summed E-state index contributed by atoms with van der Waals surface area (Å²) in [4.78, 5) is 11.3. The molecule has 1 saturated carbocycles. The van der Waals surface area contributed by atoms with Crippen molar-refractivity contribution < 1.29 is 9.53 Å². The minimum absolute atomic E-state index is 0.257. The first kappa shape index (κ1) is 13.3. The Morgan fingerprint density at radius 3 is 2.50 bits per heavy atom. The van der Waals surface area contributed by atoms with Gasteiger partial charge in [0.25, 0.3) is 0 Å². The van der Waals surface area contributed by atoms with Crippen LogP contribution in [0.1, 0.15) is 46.5 Å². The van der Waals surface area contributed by atoms with E-state index >= 15 is 0 Å². The van der Waals surface area contributed by atoms with Gasteiger partial charge in [0, 0.05) is 6.54 Å². The fourth-order valence-electron chi connectivity index (χ4n) is 2.05.